The van der Waals surface area contributed by atoms with Crippen LogP contribution in [0.25, 0.3) is 23.3 Å². The molecule has 242 valence electrons. The summed E-state index contributed by atoms with van der Waals surface area (Å²) in [4.78, 5) is 0. The number of benzene rings is 6. The molecule has 0 radical (unpaired) electrons. The van der Waals surface area contributed by atoms with Crippen molar-refractivity contribution in [2.75, 3.05) is 0 Å². The number of hydrogen-bond acceptors (Lipinski definition) is 4. The van der Waals surface area contributed by atoms with Crippen molar-refractivity contribution in [1.29, 1.82) is 0 Å². The van der Waals surface area contributed by atoms with E-state index in [0.717, 1.165) is 56.0 Å². The second-order valence-electron chi connectivity index (χ2n) is 12.2. The third-order valence-electron chi connectivity index (χ3n) is 9.29. The molecule has 1 unspecified atom stereocenters. The Hall–Kier alpha value is -5.57. The van der Waals surface area contributed by atoms with Gasteiger partial charge >= 0.3 is 0 Å². The SMILES string of the molecule is C=Cc1ccc(COc2ccc(C(C)(c3ccc(OCc4ccc(C=C)cc4)cc3)P3(=O)Oc4ccccc4-c4ccccc43)cc2)cc1. The molecule has 0 N–H and O–H groups in total. The average Bonchev–Trinajstić information content (AvgIpc) is 3.17. The van der Waals surface area contributed by atoms with E-state index in [4.69, 9.17) is 14.0 Å². The zero-order valence-corrected chi connectivity index (χ0v) is 28.3. The Balaban J connectivity index is 1.24. The second kappa shape index (κ2) is 13.5. The third kappa shape index (κ3) is 6.12. The van der Waals surface area contributed by atoms with E-state index in [0.29, 0.717) is 24.3 Å². The minimum Gasteiger partial charge on any atom is -0.489 e. The van der Waals surface area contributed by atoms with Crippen molar-refractivity contribution in [3.8, 4) is 28.4 Å². The van der Waals surface area contributed by atoms with Crippen molar-refractivity contribution in [1.82, 2.24) is 0 Å². The van der Waals surface area contributed by atoms with Gasteiger partial charge in [-0.1, -0.05) is 135 Å². The van der Waals surface area contributed by atoms with Crippen LogP contribution >= 0.6 is 7.37 Å². The van der Waals surface area contributed by atoms with Gasteiger partial charge in [0, 0.05) is 5.56 Å². The largest absolute Gasteiger partial charge is 0.489 e. The summed E-state index contributed by atoms with van der Waals surface area (Å²) in [5.41, 5.74) is 7.80. The van der Waals surface area contributed by atoms with Gasteiger partial charge in [0.15, 0.2) is 0 Å². The highest BCUT2D eigenvalue weighted by atomic mass is 31.2. The average molecular weight is 661 g/mol. The van der Waals surface area contributed by atoms with Crippen molar-refractivity contribution in [2.45, 2.75) is 25.3 Å². The molecule has 49 heavy (non-hydrogen) atoms. The van der Waals surface area contributed by atoms with E-state index in [1.54, 1.807) is 0 Å². The molecule has 1 aliphatic heterocycles. The molecule has 0 aliphatic carbocycles. The Bertz CT molecular complexity index is 2050. The first-order chi connectivity index (χ1) is 23.9. The first kappa shape index (κ1) is 32.0. The molecular formula is C44H37O4P. The van der Waals surface area contributed by atoms with Gasteiger partial charge < -0.3 is 14.0 Å². The van der Waals surface area contributed by atoms with Crippen LogP contribution in [0.1, 0.15) is 40.3 Å². The molecule has 0 spiro atoms. The summed E-state index contributed by atoms with van der Waals surface area (Å²) in [5.74, 6) is 2.05. The van der Waals surface area contributed by atoms with Gasteiger partial charge in [0.1, 0.15) is 35.6 Å². The van der Waals surface area contributed by atoms with Crippen LogP contribution in [0, 0.1) is 0 Å². The van der Waals surface area contributed by atoms with Crippen LogP contribution in [0.3, 0.4) is 0 Å². The van der Waals surface area contributed by atoms with Crippen LogP contribution in [0.15, 0.2) is 159 Å². The van der Waals surface area contributed by atoms with Crippen LogP contribution in [-0.2, 0) is 22.9 Å². The van der Waals surface area contributed by atoms with Crippen LogP contribution in [0.5, 0.6) is 17.2 Å². The fraction of sp³-hybridized carbons (Fsp3) is 0.0909. The summed E-state index contributed by atoms with van der Waals surface area (Å²) in [6, 6.07) is 47.7. The fourth-order valence-electron chi connectivity index (χ4n) is 6.34. The Morgan fingerprint density at radius 1 is 0.592 bits per heavy atom. The molecule has 0 fully saturated rings. The van der Waals surface area contributed by atoms with Gasteiger partial charge in [0.2, 0.25) is 0 Å². The summed E-state index contributed by atoms with van der Waals surface area (Å²) in [5, 5.41) is -0.364. The Morgan fingerprint density at radius 3 is 1.53 bits per heavy atom. The molecule has 0 saturated carbocycles. The maximum absolute atomic E-state index is 15.8. The molecule has 6 aromatic carbocycles. The van der Waals surface area contributed by atoms with E-state index >= 15 is 4.57 Å². The van der Waals surface area contributed by atoms with Crippen molar-refractivity contribution in [2.24, 2.45) is 0 Å². The van der Waals surface area contributed by atoms with E-state index in [-0.39, 0.29) is 0 Å². The van der Waals surface area contributed by atoms with Crippen LogP contribution in [-0.4, -0.2) is 0 Å². The zero-order chi connectivity index (χ0) is 33.8. The molecule has 1 aliphatic rings. The normalized spacial score (nSPS) is 14.9. The quantitative estimate of drug-likeness (QED) is 0.130. The van der Waals surface area contributed by atoms with Gasteiger partial charge in [0.05, 0.1) is 5.30 Å². The predicted octanol–water partition coefficient (Wildman–Crippen LogP) is 11.1. The summed E-state index contributed by atoms with van der Waals surface area (Å²) >= 11 is 0. The molecule has 0 amide bonds. The Labute approximate surface area is 288 Å². The minimum atomic E-state index is -3.67. The van der Waals surface area contributed by atoms with Gasteiger partial charge in [-0.25, -0.2) is 0 Å². The van der Waals surface area contributed by atoms with Crippen molar-refractivity contribution in [3.63, 3.8) is 0 Å². The van der Waals surface area contributed by atoms with Crippen LogP contribution in [0.2, 0.25) is 0 Å². The highest BCUT2D eigenvalue weighted by molar-refractivity contribution is 7.69. The van der Waals surface area contributed by atoms with Gasteiger partial charge in [-0.15, -0.1) is 0 Å². The maximum atomic E-state index is 15.8. The lowest BCUT2D eigenvalue weighted by atomic mass is 9.92. The van der Waals surface area contributed by atoms with E-state index in [1.807, 2.05) is 165 Å². The number of rotatable bonds is 11. The lowest BCUT2D eigenvalue weighted by Gasteiger charge is -2.41. The summed E-state index contributed by atoms with van der Waals surface area (Å²) < 4.78 is 34.9. The predicted molar refractivity (Wildman–Crippen MR) is 201 cm³/mol. The van der Waals surface area contributed by atoms with Gasteiger partial charge in [-0.3, -0.25) is 4.57 Å². The number of ether oxygens (including phenoxy) is 2. The van der Waals surface area contributed by atoms with E-state index in [1.165, 1.54) is 0 Å². The maximum Gasteiger partial charge on any atom is 0.292 e. The van der Waals surface area contributed by atoms with Gasteiger partial charge in [-0.2, -0.15) is 0 Å². The highest BCUT2D eigenvalue weighted by Crippen LogP contribution is 2.69. The molecule has 0 aromatic heterocycles. The summed E-state index contributed by atoms with van der Waals surface area (Å²) in [7, 11) is -3.67. The molecular weight excluding hydrogens is 623 g/mol. The summed E-state index contributed by atoms with van der Waals surface area (Å²) in [6.07, 6.45) is 3.64. The monoisotopic (exact) mass is 660 g/mol. The number of para-hydroxylation sites is 1. The third-order valence-corrected chi connectivity index (χ3v) is 12.5. The number of fused-ring (bicyclic) bond motifs is 3. The molecule has 5 heteroatoms. The first-order valence-electron chi connectivity index (χ1n) is 16.3. The van der Waals surface area contributed by atoms with Crippen molar-refractivity contribution in [3.05, 3.63) is 192 Å². The zero-order valence-electron chi connectivity index (χ0n) is 27.4. The molecule has 6 aromatic rings. The number of hydrogen-bond donors (Lipinski definition) is 0. The van der Waals surface area contributed by atoms with E-state index in [2.05, 4.69) is 13.2 Å². The fourth-order valence-corrected chi connectivity index (χ4v) is 9.31. The molecule has 7 rings (SSSR count). The standard InChI is InChI=1S/C44H37O4P/c1-4-32-14-18-34(19-15-32)30-46-38-26-22-36(23-27-38)44(3,37-24-28-39(29-25-37)47-31-35-20-16-33(5-2)17-21-35)49(45)43-13-9-7-11-41(43)40-10-6-8-12-42(40)48-49/h4-29H,1-2,30-31H2,3H3. The van der Waals surface area contributed by atoms with E-state index in [9.17, 15) is 0 Å². The lowest BCUT2D eigenvalue weighted by molar-refractivity contribution is 0.306. The molecule has 4 nitrogen and oxygen atoms in total. The summed E-state index contributed by atoms with van der Waals surface area (Å²) in [6.45, 7) is 10.5. The first-order valence-corrected chi connectivity index (χ1v) is 17.9. The minimum absolute atomic E-state index is 0.430. The smallest absolute Gasteiger partial charge is 0.292 e. The Morgan fingerprint density at radius 2 is 1.04 bits per heavy atom. The lowest BCUT2D eigenvalue weighted by Crippen LogP contribution is -2.34. The topological polar surface area (TPSA) is 44.8 Å². The Kier molecular flexibility index (Phi) is 8.82. The van der Waals surface area contributed by atoms with Gasteiger partial charge in [-0.05, 0) is 82.3 Å². The van der Waals surface area contributed by atoms with Crippen LogP contribution < -0.4 is 19.3 Å². The van der Waals surface area contributed by atoms with Gasteiger partial charge in [0.25, 0.3) is 7.37 Å². The second-order valence-corrected chi connectivity index (χ2v) is 14.9. The van der Waals surface area contributed by atoms with Crippen molar-refractivity contribution < 1.29 is 18.6 Å². The van der Waals surface area contributed by atoms with Crippen LogP contribution in [0.4, 0.5) is 0 Å². The molecule has 0 bridgehead atoms. The van der Waals surface area contributed by atoms with E-state index < -0.39 is 12.5 Å². The van der Waals surface area contributed by atoms with Crippen molar-refractivity contribution >= 4 is 24.8 Å². The highest BCUT2D eigenvalue weighted by Gasteiger charge is 2.53. The molecule has 0 saturated heterocycles. The molecule has 1 atom stereocenters. The molecule has 1 heterocycles.